The molecule has 0 spiro atoms. The van der Waals surface area contributed by atoms with Crippen molar-refractivity contribution in [3.05, 3.63) is 94.5 Å². The third-order valence-corrected chi connectivity index (χ3v) is 7.58. The predicted molar refractivity (Wildman–Crippen MR) is 158 cm³/mol. The number of aliphatic hydroxyl groups excluding tert-OH is 2. The molecule has 0 aromatic heterocycles. The average Bonchev–Trinajstić information content (AvgIpc) is 3.03. The van der Waals surface area contributed by atoms with Gasteiger partial charge in [-0.1, -0.05) is 55.7 Å². The van der Waals surface area contributed by atoms with Crippen molar-refractivity contribution in [2.75, 3.05) is 11.9 Å². The second-order valence-electron chi connectivity index (χ2n) is 10.7. The number of hydrogen-bond donors (Lipinski definition) is 6. The molecule has 4 rings (SSSR count). The normalized spacial score (nSPS) is 15.0. The topological polar surface area (TPSA) is 157 Å². The minimum atomic E-state index is -4.95. The number of aliphatic carboxylic acids is 1. The van der Waals surface area contributed by atoms with E-state index in [1.807, 2.05) is 24.3 Å². The van der Waals surface area contributed by atoms with Crippen LogP contribution in [0.25, 0.3) is 0 Å². The zero-order valence-corrected chi connectivity index (χ0v) is 24.1. The quantitative estimate of drug-likeness (QED) is 0.170. The molecule has 0 heterocycles. The number of benzene rings is 3. The zero-order chi connectivity index (χ0) is 32.6. The molecular formula is C32H34F3N3O7. The van der Waals surface area contributed by atoms with Gasteiger partial charge in [0.25, 0.3) is 5.91 Å². The first-order valence-electron chi connectivity index (χ1n) is 14.4. The number of rotatable bonds is 11. The van der Waals surface area contributed by atoms with Crippen LogP contribution in [-0.2, 0) is 11.4 Å². The Morgan fingerprint density at radius 2 is 1.53 bits per heavy atom. The summed E-state index contributed by atoms with van der Waals surface area (Å²) >= 11 is 0. The number of aliphatic hydroxyl groups is 2. The van der Waals surface area contributed by atoms with Gasteiger partial charge >= 0.3 is 18.4 Å². The third kappa shape index (κ3) is 9.43. The maximum Gasteiger partial charge on any atom is 0.573 e. The SMILES string of the molecule is O=C(Nc1ccc(OC(F)(F)F)c(CO)c1)NC(c1ccc(C(=O)NCC(O)C(=O)O)cc1)c1ccc(C2CCCCC2)cc1. The minimum Gasteiger partial charge on any atom is -0.479 e. The number of carboxylic acids is 1. The van der Waals surface area contributed by atoms with Gasteiger partial charge in [-0.2, -0.15) is 0 Å². The van der Waals surface area contributed by atoms with Crippen molar-refractivity contribution in [3.8, 4) is 5.75 Å². The van der Waals surface area contributed by atoms with E-state index in [1.165, 1.54) is 49.1 Å². The summed E-state index contributed by atoms with van der Waals surface area (Å²) < 4.78 is 42.0. The Morgan fingerprint density at radius 3 is 2.11 bits per heavy atom. The van der Waals surface area contributed by atoms with E-state index in [0.717, 1.165) is 24.5 Å². The molecule has 1 saturated carbocycles. The summed E-state index contributed by atoms with van der Waals surface area (Å²) in [6.07, 6.45) is -0.912. The third-order valence-electron chi connectivity index (χ3n) is 7.58. The summed E-state index contributed by atoms with van der Waals surface area (Å²) in [6.45, 7) is -1.23. The largest absolute Gasteiger partial charge is 0.573 e. The van der Waals surface area contributed by atoms with Gasteiger partial charge in [0.15, 0.2) is 6.10 Å². The first-order chi connectivity index (χ1) is 21.4. The summed E-state index contributed by atoms with van der Waals surface area (Å²) in [6, 6.07) is 16.1. The molecule has 13 heteroatoms. The van der Waals surface area contributed by atoms with Crippen LogP contribution in [-0.4, -0.2) is 52.2 Å². The van der Waals surface area contributed by atoms with Gasteiger partial charge in [-0.05, 0) is 65.8 Å². The number of carbonyl (C=O) groups excluding carboxylic acids is 2. The Hall–Kier alpha value is -4.62. The molecule has 0 bridgehead atoms. The summed E-state index contributed by atoms with van der Waals surface area (Å²) in [5.74, 6) is -2.19. The Labute approximate surface area is 257 Å². The predicted octanol–water partition coefficient (Wildman–Crippen LogP) is 5.21. The number of carbonyl (C=O) groups is 3. The van der Waals surface area contributed by atoms with Gasteiger partial charge in [0.1, 0.15) is 5.75 Å². The van der Waals surface area contributed by atoms with E-state index in [1.54, 1.807) is 12.1 Å². The van der Waals surface area contributed by atoms with Crippen LogP contribution in [0.5, 0.6) is 5.75 Å². The molecule has 240 valence electrons. The second kappa shape index (κ2) is 14.9. The van der Waals surface area contributed by atoms with Gasteiger partial charge in [-0.25, -0.2) is 9.59 Å². The molecule has 3 aromatic rings. The van der Waals surface area contributed by atoms with Crippen LogP contribution in [0.15, 0.2) is 66.7 Å². The highest BCUT2D eigenvalue weighted by Crippen LogP contribution is 2.34. The molecule has 0 aliphatic heterocycles. The van der Waals surface area contributed by atoms with Gasteiger partial charge in [0.05, 0.1) is 19.2 Å². The number of nitrogens with one attached hydrogen (secondary N) is 3. The van der Waals surface area contributed by atoms with E-state index in [2.05, 4.69) is 20.7 Å². The van der Waals surface area contributed by atoms with Gasteiger partial charge in [0.2, 0.25) is 0 Å². The summed E-state index contributed by atoms with van der Waals surface area (Å²) in [5.41, 5.74) is 2.68. The van der Waals surface area contributed by atoms with Crippen molar-refractivity contribution in [2.45, 2.75) is 63.1 Å². The zero-order valence-electron chi connectivity index (χ0n) is 24.1. The van der Waals surface area contributed by atoms with Crippen molar-refractivity contribution < 1.29 is 47.6 Å². The highest BCUT2D eigenvalue weighted by Gasteiger charge is 2.32. The molecule has 2 unspecified atom stereocenters. The molecule has 0 saturated heterocycles. The van der Waals surface area contributed by atoms with Gasteiger partial charge in [-0.15, -0.1) is 13.2 Å². The van der Waals surface area contributed by atoms with E-state index in [4.69, 9.17) is 5.11 Å². The molecule has 10 nitrogen and oxygen atoms in total. The summed E-state index contributed by atoms with van der Waals surface area (Å²) in [5, 5.41) is 35.5. The minimum absolute atomic E-state index is 0.119. The number of halogens is 3. The van der Waals surface area contributed by atoms with E-state index in [-0.39, 0.29) is 16.8 Å². The van der Waals surface area contributed by atoms with Gasteiger partial charge < -0.3 is 36.0 Å². The van der Waals surface area contributed by atoms with Crippen LogP contribution in [0.1, 0.15) is 76.7 Å². The molecule has 1 fully saturated rings. The lowest BCUT2D eigenvalue weighted by Gasteiger charge is -2.24. The second-order valence-corrected chi connectivity index (χ2v) is 10.7. The monoisotopic (exact) mass is 629 g/mol. The fourth-order valence-corrected chi connectivity index (χ4v) is 5.26. The number of hydrogen-bond acceptors (Lipinski definition) is 6. The van der Waals surface area contributed by atoms with E-state index in [0.29, 0.717) is 11.5 Å². The van der Waals surface area contributed by atoms with Crippen molar-refractivity contribution >= 4 is 23.6 Å². The van der Waals surface area contributed by atoms with E-state index in [9.17, 15) is 37.8 Å². The molecule has 3 aromatic carbocycles. The molecule has 0 radical (unpaired) electrons. The van der Waals surface area contributed by atoms with Crippen molar-refractivity contribution in [1.29, 1.82) is 0 Å². The highest BCUT2D eigenvalue weighted by atomic mass is 19.4. The first kappa shape index (κ1) is 33.3. The Bertz CT molecular complexity index is 1470. The fraction of sp³-hybridized carbons (Fsp3) is 0.344. The van der Waals surface area contributed by atoms with Crippen LogP contribution >= 0.6 is 0 Å². The lowest BCUT2D eigenvalue weighted by Crippen LogP contribution is -2.36. The molecule has 6 N–H and O–H groups in total. The number of urea groups is 1. The van der Waals surface area contributed by atoms with Crippen molar-refractivity contribution in [2.24, 2.45) is 0 Å². The van der Waals surface area contributed by atoms with Crippen LogP contribution < -0.4 is 20.7 Å². The lowest BCUT2D eigenvalue weighted by molar-refractivity contribution is -0.275. The van der Waals surface area contributed by atoms with Crippen LogP contribution in [0.3, 0.4) is 0 Å². The molecule has 3 amide bonds. The van der Waals surface area contributed by atoms with Crippen molar-refractivity contribution in [1.82, 2.24) is 10.6 Å². The Kier molecular flexibility index (Phi) is 11.0. The van der Waals surface area contributed by atoms with Crippen molar-refractivity contribution in [3.63, 3.8) is 0 Å². The number of ether oxygens (including phenoxy) is 1. The highest BCUT2D eigenvalue weighted by molar-refractivity contribution is 5.94. The summed E-state index contributed by atoms with van der Waals surface area (Å²) in [4.78, 5) is 36.4. The van der Waals surface area contributed by atoms with Crippen LogP contribution in [0, 0.1) is 0 Å². The number of carboxylic acid groups (broad SMARTS) is 1. The maximum atomic E-state index is 13.1. The number of amides is 3. The van der Waals surface area contributed by atoms with Gasteiger partial charge in [-0.3, -0.25) is 4.79 Å². The standard InChI is InChI=1S/C32H34F3N3O7/c33-32(34,35)45-27-15-14-25(16-24(27)18-39)37-31(44)38-28(21-8-6-20(7-9-21)19-4-2-1-3-5-19)22-10-12-23(13-11-22)29(41)36-17-26(40)30(42)43/h6-16,19,26,28,39-40H,1-5,17-18H2,(H,36,41)(H,42,43)(H2,37,38,44). The number of anilines is 1. The van der Waals surface area contributed by atoms with Crippen LogP contribution in [0.4, 0.5) is 23.7 Å². The molecule has 45 heavy (non-hydrogen) atoms. The summed E-state index contributed by atoms with van der Waals surface area (Å²) in [7, 11) is 0. The Balaban J connectivity index is 1.54. The first-order valence-corrected chi connectivity index (χ1v) is 14.4. The maximum absolute atomic E-state index is 13.1. The fourth-order valence-electron chi connectivity index (χ4n) is 5.26. The lowest BCUT2D eigenvalue weighted by atomic mass is 9.83. The molecular weight excluding hydrogens is 595 g/mol. The van der Waals surface area contributed by atoms with E-state index < -0.39 is 55.3 Å². The smallest absolute Gasteiger partial charge is 0.479 e. The molecule has 1 aliphatic rings. The van der Waals surface area contributed by atoms with Gasteiger partial charge in [0, 0.05) is 16.8 Å². The van der Waals surface area contributed by atoms with E-state index >= 15 is 0 Å². The average molecular weight is 630 g/mol. The number of alkyl halides is 3. The molecule has 1 aliphatic carbocycles. The molecule has 2 atom stereocenters. The van der Waals surface area contributed by atoms with Crippen LogP contribution in [0.2, 0.25) is 0 Å². The Morgan fingerprint density at radius 1 is 0.911 bits per heavy atom.